The third kappa shape index (κ3) is 5.05. The van der Waals surface area contributed by atoms with Crippen molar-refractivity contribution in [2.24, 2.45) is 7.05 Å². The van der Waals surface area contributed by atoms with E-state index in [0.29, 0.717) is 24.6 Å². The first-order valence-corrected chi connectivity index (χ1v) is 10.5. The number of methoxy groups -OCH3 is 1. The molecule has 1 heterocycles. The topological polar surface area (TPSA) is 89.9 Å². The van der Waals surface area contributed by atoms with Crippen LogP contribution in [0.2, 0.25) is 0 Å². The van der Waals surface area contributed by atoms with Crippen LogP contribution in [-0.2, 0) is 17.1 Å². The molecule has 9 heteroatoms. The lowest BCUT2D eigenvalue weighted by Crippen LogP contribution is -2.30. The molecule has 1 amide bonds. The molecule has 0 saturated carbocycles. The number of hydrogen-bond donors (Lipinski definition) is 1. The fourth-order valence-electron chi connectivity index (χ4n) is 2.73. The highest BCUT2D eigenvalue weighted by Gasteiger charge is 2.25. The number of amides is 1. The molecule has 0 spiro atoms. The number of benzene rings is 1. The van der Waals surface area contributed by atoms with Gasteiger partial charge in [-0.05, 0) is 18.2 Å². The Morgan fingerprint density at radius 3 is 2.50 bits per heavy atom. The molecule has 0 aliphatic heterocycles. The number of aryl methyl sites for hydroxylation is 1. The van der Waals surface area contributed by atoms with Gasteiger partial charge in [-0.2, -0.15) is 4.31 Å². The number of ether oxygens (including phenoxy) is 2. The van der Waals surface area contributed by atoms with Crippen molar-refractivity contribution in [3.8, 4) is 11.5 Å². The average Bonchev–Trinajstić information content (AvgIpc) is 3.08. The number of sulfonamides is 1. The van der Waals surface area contributed by atoms with Gasteiger partial charge in [0, 0.05) is 32.4 Å². The second-order valence-electron chi connectivity index (χ2n) is 6.04. The zero-order valence-corrected chi connectivity index (χ0v) is 17.5. The summed E-state index contributed by atoms with van der Waals surface area (Å²) in [5.41, 5.74) is 0.270. The Morgan fingerprint density at radius 2 is 1.86 bits per heavy atom. The van der Waals surface area contributed by atoms with Gasteiger partial charge in [0.1, 0.15) is 28.7 Å². The largest absolute Gasteiger partial charge is 0.497 e. The third-order valence-corrected chi connectivity index (χ3v) is 6.27. The van der Waals surface area contributed by atoms with Crippen molar-refractivity contribution in [2.75, 3.05) is 33.4 Å². The van der Waals surface area contributed by atoms with Gasteiger partial charge in [-0.15, -0.1) is 0 Å². The smallest absolute Gasteiger partial charge is 0.268 e. The van der Waals surface area contributed by atoms with Gasteiger partial charge in [0.15, 0.2) is 0 Å². The minimum atomic E-state index is -3.61. The predicted molar refractivity (Wildman–Crippen MR) is 106 cm³/mol. The van der Waals surface area contributed by atoms with Crippen LogP contribution < -0.4 is 14.8 Å². The summed E-state index contributed by atoms with van der Waals surface area (Å²) in [5.74, 6) is 0.963. The summed E-state index contributed by atoms with van der Waals surface area (Å²) in [4.78, 5) is 12.5. The molecule has 0 aliphatic rings. The molecule has 0 fully saturated rings. The minimum Gasteiger partial charge on any atom is -0.497 e. The summed E-state index contributed by atoms with van der Waals surface area (Å²) in [5, 5.41) is 2.74. The monoisotopic (exact) mass is 409 g/mol. The van der Waals surface area contributed by atoms with Crippen molar-refractivity contribution in [1.29, 1.82) is 0 Å². The van der Waals surface area contributed by atoms with Crippen LogP contribution in [0.15, 0.2) is 41.4 Å². The molecular formula is C19H27N3O5S. The third-order valence-electron chi connectivity index (χ3n) is 4.25. The molecule has 28 heavy (non-hydrogen) atoms. The van der Waals surface area contributed by atoms with Gasteiger partial charge in [-0.25, -0.2) is 8.42 Å². The van der Waals surface area contributed by atoms with Gasteiger partial charge in [0.25, 0.3) is 5.91 Å². The van der Waals surface area contributed by atoms with Crippen molar-refractivity contribution in [3.63, 3.8) is 0 Å². The van der Waals surface area contributed by atoms with Gasteiger partial charge in [-0.1, -0.05) is 19.9 Å². The van der Waals surface area contributed by atoms with Gasteiger partial charge < -0.3 is 19.4 Å². The van der Waals surface area contributed by atoms with Crippen LogP contribution in [0.3, 0.4) is 0 Å². The van der Waals surface area contributed by atoms with Crippen LogP contribution in [0.1, 0.15) is 24.3 Å². The molecule has 2 rings (SSSR count). The van der Waals surface area contributed by atoms with Gasteiger partial charge in [-0.3, -0.25) is 4.79 Å². The van der Waals surface area contributed by atoms with E-state index in [1.807, 2.05) is 12.1 Å². The highest BCUT2D eigenvalue weighted by atomic mass is 32.2. The van der Waals surface area contributed by atoms with Crippen LogP contribution in [-0.4, -0.2) is 56.5 Å². The Kier molecular flexibility index (Phi) is 7.47. The van der Waals surface area contributed by atoms with E-state index in [1.165, 1.54) is 21.1 Å². The standard InChI is InChI=1S/C19H27N3O5S/c1-5-22(6-2)28(24,25)17-13-18(21(3)14-17)19(23)20-10-11-27-16-9-7-8-15(12-16)26-4/h7-9,12-14H,5-6,10-11H2,1-4H3,(H,20,23). The van der Waals surface area contributed by atoms with Crippen LogP contribution >= 0.6 is 0 Å². The second kappa shape index (κ2) is 9.61. The molecule has 2 aromatic rings. The SMILES string of the molecule is CCN(CC)S(=O)(=O)c1cc(C(=O)NCCOc2cccc(OC)c2)n(C)c1. The summed E-state index contributed by atoms with van der Waals surface area (Å²) in [7, 11) is -0.389. The maximum atomic E-state index is 12.6. The second-order valence-corrected chi connectivity index (χ2v) is 7.98. The fraction of sp³-hybridized carbons (Fsp3) is 0.421. The molecule has 0 saturated heterocycles. The van der Waals surface area contributed by atoms with E-state index in [-0.39, 0.29) is 29.6 Å². The van der Waals surface area contributed by atoms with E-state index in [9.17, 15) is 13.2 Å². The van der Waals surface area contributed by atoms with Crippen molar-refractivity contribution in [1.82, 2.24) is 14.2 Å². The Bertz CT molecular complexity index is 904. The Hall–Kier alpha value is -2.52. The van der Waals surface area contributed by atoms with Crippen LogP contribution in [0, 0.1) is 0 Å². The predicted octanol–water partition coefficient (Wildman–Crippen LogP) is 1.87. The van der Waals surface area contributed by atoms with E-state index < -0.39 is 10.0 Å². The van der Waals surface area contributed by atoms with E-state index in [0.717, 1.165) is 0 Å². The van der Waals surface area contributed by atoms with Crippen molar-refractivity contribution >= 4 is 15.9 Å². The first-order chi connectivity index (χ1) is 13.3. The highest BCUT2D eigenvalue weighted by molar-refractivity contribution is 7.89. The maximum Gasteiger partial charge on any atom is 0.268 e. The minimum absolute atomic E-state index is 0.108. The lowest BCUT2D eigenvalue weighted by molar-refractivity contribution is 0.0939. The van der Waals surface area contributed by atoms with Gasteiger partial charge in [0.05, 0.1) is 13.7 Å². The summed E-state index contributed by atoms with van der Waals surface area (Å²) >= 11 is 0. The molecule has 154 valence electrons. The fourth-order valence-corrected chi connectivity index (χ4v) is 4.26. The first-order valence-electron chi connectivity index (χ1n) is 9.05. The normalized spacial score (nSPS) is 11.5. The van der Waals surface area contributed by atoms with Crippen LogP contribution in [0.25, 0.3) is 0 Å². The van der Waals surface area contributed by atoms with Crippen molar-refractivity contribution < 1.29 is 22.7 Å². The Labute approximate surface area is 166 Å². The van der Waals surface area contributed by atoms with E-state index in [2.05, 4.69) is 5.32 Å². The number of hydrogen-bond acceptors (Lipinski definition) is 5. The Balaban J connectivity index is 1.96. The van der Waals surface area contributed by atoms with E-state index >= 15 is 0 Å². The number of carbonyl (C=O) groups is 1. The summed E-state index contributed by atoms with van der Waals surface area (Å²) < 4.78 is 38.8. The number of rotatable bonds is 10. The van der Waals surface area contributed by atoms with Gasteiger partial charge in [0.2, 0.25) is 10.0 Å². The average molecular weight is 410 g/mol. The van der Waals surface area contributed by atoms with Crippen molar-refractivity contribution in [2.45, 2.75) is 18.7 Å². The zero-order chi connectivity index (χ0) is 20.7. The van der Waals surface area contributed by atoms with Gasteiger partial charge >= 0.3 is 0 Å². The number of nitrogens with one attached hydrogen (secondary N) is 1. The molecule has 1 N–H and O–H groups in total. The Morgan fingerprint density at radius 1 is 1.18 bits per heavy atom. The summed E-state index contributed by atoms with van der Waals surface area (Å²) in [6.45, 7) is 4.85. The van der Waals surface area contributed by atoms with E-state index in [4.69, 9.17) is 9.47 Å². The summed E-state index contributed by atoms with van der Waals surface area (Å²) in [6.07, 6.45) is 1.45. The van der Waals surface area contributed by atoms with Crippen LogP contribution in [0.5, 0.6) is 11.5 Å². The van der Waals surface area contributed by atoms with Crippen LogP contribution in [0.4, 0.5) is 0 Å². The highest BCUT2D eigenvalue weighted by Crippen LogP contribution is 2.19. The lowest BCUT2D eigenvalue weighted by atomic mass is 10.3. The number of nitrogens with zero attached hydrogens (tertiary/aromatic N) is 2. The summed E-state index contributed by atoms with van der Waals surface area (Å²) in [6, 6.07) is 8.57. The molecule has 0 aliphatic carbocycles. The molecule has 8 nitrogen and oxygen atoms in total. The number of carbonyl (C=O) groups excluding carboxylic acids is 1. The molecule has 1 aromatic heterocycles. The lowest BCUT2D eigenvalue weighted by Gasteiger charge is -2.17. The molecule has 0 bridgehead atoms. The molecular weight excluding hydrogens is 382 g/mol. The molecule has 0 atom stereocenters. The first kappa shape index (κ1) is 21.8. The number of aromatic nitrogens is 1. The van der Waals surface area contributed by atoms with Crippen molar-refractivity contribution in [3.05, 3.63) is 42.2 Å². The van der Waals surface area contributed by atoms with E-state index in [1.54, 1.807) is 40.1 Å². The quantitative estimate of drug-likeness (QED) is 0.605. The molecule has 0 unspecified atom stereocenters. The molecule has 0 radical (unpaired) electrons. The zero-order valence-electron chi connectivity index (χ0n) is 16.6. The maximum absolute atomic E-state index is 12.6. The molecule has 1 aromatic carbocycles.